The lowest BCUT2D eigenvalue weighted by atomic mass is 9.96. The van der Waals surface area contributed by atoms with E-state index in [1.165, 1.54) is 36.1 Å². The number of aliphatic hydroxyl groups excluding tert-OH is 1. The molecule has 0 bridgehead atoms. The van der Waals surface area contributed by atoms with E-state index < -0.39 is 28.4 Å². The van der Waals surface area contributed by atoms with Gasteiger partial charge in [0.15, 0.2) is 11.5 Å². The highest BCUT2D eigenvalue weighted by Gasteiger charge is 2.43. The monoisotopic (exact) mass is 352 g/mol. The van der Waals surface area contributed by atoms with E-state index >= 15 is 0 Å². The normalized spacial score (nSPS) is 16.9. The van der Waals surface area contributed by atoms with Crippen molar-refractivity contribution >= 4 is 23.1 Å². The van der Waals surface area contributed by atoms with Crippen LogP contribution in [0.25, 0.3) is 0 Å². The molecule has 1 aliphatic rings. The summed E-state index contributed by atoms with van der Waals surface area (Å²) >= 11 is 0. The molecule has 1 atom stereocenters. The molecule has 3 rings (SSSR count). The predicted molar refractivity (Wildman–Crippen MR) is 94.8 cm³/mol. The Morgan fingerprint density at radius 2 is 1.69 bits per heavy atom. The number of hydrogen-bond donors (Lipinski definition) is 1. The Bertz CT molecular complexity index is 929. The van der Waals surface area contributed by atoms with E-state index in [9.17, 15) is 24.8 Å². The first-order chi connectivity index (χ1) is 12.3. The van der Waals surface area contributed by atoms with Gasteiger partial charge in [-0.05, 0) is 43.7 Å². The number of hydrogen-bond acceptors (Lipinski definition) is 5. The van der Waals surface area contributed by atoms with Crippen molar-refractivity contribution in [3.8, 4) is 0 Å². The zero-order chi connectivity index (χ0) is 19.0. The topological polar surface area (TPSA) is 101 Å². The number of non-ortho nitro benzene ring substituents is 1. The minimum Gasteiger partial charge on any atom is -0.503 e. The van der Waals surface area contributed by atoms with Gasteiger partial charge in [0.1, 0.15) is 0 Å². The number of carbonyl (C=O) groups is 2. The number of carbonyl (C=O) groups excluding carboxylic acids is 2. The number of benzene rings is 2. The third-order valence-electron chi connectivity index (χ3n) is 4.32. The van der Waals surface area contributed by atoms with Gasteiger partial charge in [-0.1, -0.05) is 17.7 Å². The van der Waals surface area contributed by atoms with Gasteiger partial charge < -0.3 is 5.11 Å². The zero-order valence-electron chi connectivity index (χ0n) is 14.2. The average molecular weight is 352 g/mol. The lowest BCUT2D eigenvalue weighted by Crippen LogP contribution is -2.30. The number of nitro groups is 1. The van der Waals surface area contributed by atoms with E-state index in [4.69, 9.17) is 0 Å². The molecular formula is C19H16N2O5. The summed E-state index contributed by atoms with van der Waals surface area (Å²) in [6.07, 6.45) is 0. The molecule has 0 saturated heterocycles. The number of amides is 1. The molecule has 1 amide bonds. The van der Waals surface area contributed by atoms with Crippen molar-refractivity contribution in [1.82, 2.24) is 0 Å². The van der Waals surface area contributed by atoms with E-state index in [1.54, 1.807) is 12.1 Å². The molecule has 7 nitrogen and oxygen atoms in total. The molecule has 2 aromatic rings. The molecule has 1 N–H and O–H groups in total. The number of aryl methyl sites for hydroxylation is 1. The van der Waals surface area contributed by atoms with E-state index in [1.807, 2.05) is 19.1 Å². The highest BCUT2D eigenvalue weighted by atomic mass is 16.6. The van der Waals surface area contributed by atoms with E-state index in [0.29, 0.717) is 11.3 Å². The average Bonchev–Trinajstić information content (AvgIpc) is 2.87. The number of anilines is 1. The first kappa shape index (κ1) is 17.3. The van der Waals surface area contributed by atoms with E-state index in [-0.39, 0.29) is 11.3 Å². The third-order valence-corrected chi connectivity index (χ3v) is 4.32. The summed E-state index contributed by atoms with van der Waals surface area (Å²) in [5, 5.41) is 21.1. The number of rotatable bonds is 4. The fourth-order valence-electron chi connectivity index (χ4n) is 3.03. The van der Waals surface area contributed by atoms with Crippen LogP contribution in [0.15, 0.2) is 59.9 Å². The largest absolute Gasteiger partial charge is 0.503 e. The highest BCUT2D eigenvalue weighted by Crippen LogP contribution is 2.41. The van der Waals surface area contributed by atoms with Crippen molar-refractivity contribution in [2.45, 2.75) is 19.9 Å². The minimum absolute atomic E-state index is 0.0237. The Hall–Kier alpha value is -3.48. The van der Waals surface area contributed by atoms with Gasteiger partial charge in [-0.2, -0.15) is 0 Å². The van der Waals surface area contributed by atoms with E-state index in [2.05, 4.69) is 0 Å². The van der Waals surface area contributed by atoms with Crippen LogP contribution in [-0.2, 0) is 9.59 Å². The Balaban J connectivity index is 2.14. The summed E-state index contributed by atoms with van der Waals surface area (Å²) < 4.78 is 0. The summed E-state index contributed by atoms with van der Waals surface area (Å²) in [7, 11) is 0. The lowest BCUT2D eigenvalue weighted by Gasteiger charge is -2.26. The van der Waals surface area contributed by atoms with Crippen LogP contribution in [0.5, 0.6) is 0 Å². The number of nitro benzene ring substituents is 1. The van der Waals surface area contributed by atoms with Crippen molar-refractivity contribution in [3.63, 3.8) is 0 Å². The Morgan fingerprint density at radius 1 is 1.12 bits per heavy atom. The maximum atomic E-state index is 12.6. The second-order valence-electron chi connectivity index (χ2n) is 6.08. The summed E-state index contributed by atoms with van der Waals surface area (Å²) in [5.41, 5.74) is 1.89. The number of aliphatic hydroxyl groups is 1. The van der Waals surface area contributed by atoms with Gasteiger partial charge in [0, 0.05) is 17.8 Å². The first-order valence-electron chi connectivity index (χ1n) is 7.90. The Kier molecular flexibility index (Phi) is 4.29. The van der Waals surface area contributed by atoms with Crippen molar-refractivity contribution in [2.75, 3.05) is 4.90 Å². The third kappa shape index (κ3) is 2.83. The SMILES string of the molecule is CC(=O)C1=C(O)C(=O)N(c2ccc(C)cc2)[C@@H]1c1ccc([N+](=O)[O-])cc1. The van der Waals surface area contributed by atoms with Crippen molar-refractivity contribution in [3.05, 3.63) is 81.1 Å². The van der Waals surface area contributed by atoms with Crippen LogP contribution in [-0.4, -0.2) is 21.7 Å². The molecule has 0 unspecified atom stereocenters. The highest BCUT2D eigenvalue weighted by molar-refractivity contribution is 6.16. The number of nitrogens with zero attached hydrogens (tertiary/aromatic N) is 2. The first-order valence-corrected chi connectivity index (χ1v) is 7.90. The minimum atomic E-state index is -0.844. The van der Waals surface area contributed by atoms with Crippen LogP contribution < -0.4 is 4.90 Å². The summed E-state index contributed by atoms with van der Waals surface area (Å²) in [4.78, 5) is 36.4. The zero-order valence-corrected chi connectivity index (χ0v) is 14.2. The van der Waals surface area contributed by atoms with Gasteiger partial charge in [0.2, 0.25) is 0 Å². The molecule has 0 spiro atoms. The second kappa shape index (κ2) is 6.44. The Labute approximate surface area is 149 Å². The maximum absolute atomic E-state index is 12.6. The standard InChI is InChI=1S/C19H16N2O5/c1-11-3-7-14(8-4-11)20-17(16(12(2)22)18(23)19(20)24)13-5-9-15(10-6-13)21(25)26/h3-10,17,23H,1-2H3/t17-/m1/s1. The molecule has 0 fully saturated rings. The molecule has 26 heavy (non-hydrogen) atoms. The van der Waals surface area contributed by atoms with Crippen LogP contribution in [0.1, 0.15) is 24.1 Å². The second-order valence-corrected chi connectivity index (χ2v) is 6.08. The van der Waals surface area contributed by atoms with Crippen molar-refractivity contribution in [1.29, 1.82) is 0 Å². The molecular weight excluding hydrogens is 336 g/mol. The van der Waals surface area contributed by atoms with Gasteiger partial charge in [0.05, 0.1) is 16.5 Å². The molecule has 0 aliphatic carbocycles. The van der Waals surface area contributed by atoms with Crippen LogP contribution in [0.3, 0.4) is 0 Å². The Morgan fingerprint density at radius 3 is 2.19 bits per heavy atom. The molecule has 0 saturated carbocycles. The number of Topliss-reactive ketones (excluding diaryl/α,β-unsaturated/α-hetero) is 1. The molecule has 1 heterocycles. The quantitative estimate of drug-likeness (QED) is 0.671. The molecule has 1 aliphatic heterocycles. The summed E-state index contributed by atoms with van der Waals surface area (Å²) in [6, 6.07) is 11.8. The molecule has 132 valence electrons. The fourth-order valence-corrected chi connectivity index (χ4v) is 3.03. The van der Waals surface area contributed by atoms with Crippen molar-refractivity contribution < 1.29 is 19.6 Å². The smallest absolute Gasteiger partial charge is 0.294 e. The molecule has 2 aromatic carbocycles. The van der Waals surface area contributed by atoms with Gasteiger partial charge >= 0.3 is 0 Å². The van der Waals surface area contributed by atoms with Gasteiger partial charge in [-0.25, -0.2) is 0 Å². The van der Waals surface area contributed by atoms with Gasteiger partial charge in [0.25, 0.3) is 11.6 Å². The maximum Gasteiger partial charge on any atom is 0.294 e. The lowest BCUT2D eigenvalue weighted by molar-refractivity contribution is -0.384. The van der Waals surface area contributed by atoms with Crippen LogP contribution in [0.4, 0.5) is 11.4 Å². The van der Waals surface area contributed by atoms with Gasteiger partial charge in [-0.15, -0.1) is 0 Å². The number of ketones is 1. The predicted octanol–water partition coefficient (Wildman–Crippen LogP) is 3.39. The van der Waals surface area contributed by atoms with Crippen LogP contribution in [0.2, 0.25) is 0 Å². The van der Waals surface area contributed by atoms with Crippen molar-refractivity contribution in [2.24, 2.45) is 0 Å². The van der Waals surface area contributed by atoms with Crippen LogP contribution in [0, 0.1) is 17.0 Å². The summed E-state index contributed by atoms with van der Waals surface area (Å²) in [5.74, 6) is -1.71. The molecule has 7 heteroatoms. The van der Waals surface area contributed by atoms with Crippen LogP contribution >= 0.6 is 0 Å². The van der Waals surface area contributed by atoms with E-state index in [0.717, 1.165) is 5.56 Å². The summed E-state index contributed by atoms with van der Waals surface area (Å²) in [6.45, 7) is 3.18. The van der Waals surface area contributed by atoms with Gasteiger partial charge in [-0.3, -0.25) is 24.6 Å². The molecule has 0 aromatic heterocycles. The molecule has 0 radical (unpaired) electrons. The fraction of sp³-hybridized carbons (Fsp3) is 0.158.